The van der Waals surface area contributed by atoms with Crippen molar-refractivity contribution in [2.24, 2.45) is 0 Å². The summed E-state index contributed by atoms with van der Waals surface area (Å²) < 4.78 is 29.7. The predicted molar refractivity (Wildman–Crippen MR) is 129 cm³/mol. The van der Waals surface area contributed by atoms with Gasteiger partial charge in [-0.1, -0.05) is 18.2 Å². The van der Waals surface area contributed by atoms with Gasteiger partial charge in [-0.3, -0.25) is 4.98 Å². The van der Waals surface area contributed by atoms with Crippen LogP contribution in [0.4, 0.5) is 20.4 Å². The Labute approximate surface area is 195 Å². The second-order valence-corrected chi connectivity index (χ2v) is 8.32. The van der Waals surface area contributed by atoms with Gasteiger partial charge in [0.05, 0.1) is 17.8 Å². The van der Waals surface area contributed by atoms with Crippen LogP contribution in [-0.2, 0) is 6.54 Å². The second kappa shape index (κ2) is 9.05. The van der Waals surface area contributed by atoms with E-state index < -0.39 is 6.61 Å². The fraction of sp³-hybridized carbons (Fsp3) is 0.192. The van der Waals surface area contributed by atoms with E-state index in [4.69, 9.17) is 4.98 Å². The minimum atomic E-state index is -2.87. The van der Waals surface area contributed by atoms with Crippen LogP contribution in [0.25, 0.3) is 16.5 Å². The molecular formula is C26H23F2N5O. The summed E-state index contributed by atoms with van der Waals surface area (Å²) in [6.07, 6.45) is 5.65. The van der Waals surface area contributed by atoms with Gasteiger partial charge in [-0.15, -0.1) is 0 Å². The largest absolute Gasteiger partial charge is 0.435 e. The zero-order valence-corrected chi connectivity index (χ0v) is 18.7. The van der Waals surface area contributed by atoms with E-state index in [1.165, 1.54) is 12.1 Å². The van der Waals surface area contributed by atoms with E-state index in [1.54, 1.807) is 18.3 Å². The summed E-state index contributed by atoms with van der Waals surface area (Å²) in [6, 6.07) is 16.9. The zero-order chi connectivity index (χ0) is 23.7. The molecular weight excluding hydrogens is 436 g/mol. The molecule has 0 amide bonds. The summed E-state index contributed by atoms with van der Waals surface area (Å²) in [4.78, 5) is 15.8. The number of hydrogen-bond acceptors (Lipinski definition) is 6. The third-order valence-corrected chi connectivity index (χ3v) is 5.47. The molecule has 1 aliphatic heterocycles. The van der Waals surface area contributed by atoms with Crippen LogP contribution in [-0.4, -0.2) is 27.6 Å². The van der Waals surface area contributed by atoms with Crippen LogP contribution in [0.2, 0.25) is 0 Å². The molecule has 0 saturated carbocycles. The van der Waals surface area contributed by atoms with Crippen molar-refractivity contribution in [1.29, 1.82) is 0 Å². The quantitative estimate of drug-likeness (QED) is 0.390. The Bertz CT molecular complexity index is 1360. The van der Waals surface area contributed by atoms with E-state index >= 15 is 0 Å². The Kier molecular flexibility index (Phi) is 5.79. The lowest BCUT2D eigenvalue weighted by Gasteiger charge is -2.29. The first-order chi connectivity index (χ1) is 16.5. The molecule has 34 heavy (non-hydrogen) atoms. The van der Waals surface area contributed by atoms with Crippen LogP contribution in [0.15, 0.2) is 73.2 Å². The van der Waals surface area contributed by atoms with Crippen molar-refractivity contribution in [2.45, 2.75) is 33.0 Å². The Balaban J connectivity index is 1.58. The van der Waals surface area contributed by atoms with Gasteiger partial charge >= 0.3 is 6.61 Å². The Morgan fingerprint density at radius 2 is 1.85 bits per heavy atom. The minimum absolute atomic E-state index is 0.110. The van der Waals surface area contributed by atoms with Crippen LogP contribution in [0.5, 0.6) is 5.75 Å². The van der Waals surface area contributed by atoms with Gasteiger partial charge < -0.3 is 15.0 Å². The first-order valence-electron chi connectivity index (χ1n) is 11.0. The summed E-state index contributed by atoms with van der Waals surface area (Å²) in [6.45, 7) is 1.78. The summed E-state index contributed by atoms with van der Waals surface area (Å²) in [5.74, 6) is 0.654. The van der Waals surface area contributed by atoms with Crippen molar-refractivity contribution in [2.75, 3.05) is 10.2 Å². The number of rotatable bonds is 6. The van der Waals surface area contributed by atoms with E-state index in [0.717, 1.165) is 39.0 Å². The molecule has 2 aromatic heterocycles. The maximum Gasteiger partial charge on any atom is 0.387 e. The fourth-order valence-corrected chi connectivity index (χ4v) is 3.96. The zero-order valence-electron chi connectivity index (χ0n) is 18.7. The number of ether oxygens (including phenoxy) is 1. The van der Waals surface area contributed by atoms with E-state index in [2.05, 4.69) is 31.0 Å². The highest BCUT2D eigenvalue weighted by Gasteiger charge is 2.23. The molecule has 0 spiro atoms. The third kappa shape index (κ3) is 4.52. The Morgan fingerprint density at radius 1 is 1.03 bits per heavy atom. The lowest BCUT2D eigenvalue weighted by Crippen LogP contribution is -2.23. The Hall–Kier alpha value is -4.07. The second-order valence-electron chi connectivity index (χ2n) is 8.32. The molecule has 0 aliphatic carbocycles. The number of anilines is 2. The predicted octanol–water partition coefficient (Wildman–Crippen LogP) is 5.86. The van der Waals surface area contributed by atoms with Crippen molar-refractivity contribution in [1.82, 2.24) is 15.0 Å². The molecule has 0 unspecified atom stereocenters. The maximum absolute atomic E-state index is 12.6. The lowest BCUT2D eigenvalue weighted by atomic mass is 9.96. The van der Waals surface area contributed by atoms with Crippen LogP contribution in [0.3, 0.4) is 0 Å². The van der Waals surface area contributed by atoms with Gasteiger partial charge in [0, 0.05) is 46.8 Å². The molecule has 172 valence electrons. The average Bonchev–Trinajstić information content (AvgIpc) is 2.83. The number of halogens is 2. The normalized spacial score (nSPS) is 13.2. The highest BCUT2D eigenvalue weighted by molar-refractivity contribution is 5.86. The number of pyridine rings is 1. The standard InChI is InChI=1S/C26H23F2N5O/c1-16(2)31-26-30-13-19-14-33(20-7-10-23-18(12-20)4-3-11-29-23)15-22(24(19)32-26)17-5-8-21(9-6-17)34-25(27)28/h3-13,15-16,25H,14H2,1-2H3,(H,30,31,32). The molecule has 0 radical (unpaired) electrons. The van der Waals surface area contributed by atoms with Gasteiger partial charge in [-0.25, -0.2) is 9.97 Å². The van der Waals surface area contributed by atoms with Crippen molar-refractivity contribution < 1.29 is 13.5 Å². The summed E-state index contributed by atoms with van der Waals surface area (Å²) >= 11 is 0. The molecule has 2 aromatic carbocycles. The van der Waals surface area contributed by atoms with Crippen LogP contribution >= 0.6 is 0 Å². The monoisotopic (exact) mass is 459 g/mol. The SMILES string of the molecule is CC(C)Nc1ncc2c(n1)C(c1ccc(OC(F)F)cc1)=CN(c1ccc3ncccc3c1)C2. The molecule has 0 fully saturated rings. The number of alkyl halides is 2. The number of nitrogens with one attached hydrogen (secondary N) is 1. The first kappa shape index (κ1) is 21.8. The fourth-order valence-electron chi connectivity index (χ4n) is 3.96. The summed E-state index contributed by atoms with van der Waals surface area (Å²) in [7, 11) is 0. The van der Waals surface area contributed by atoms with Crippen LogP contribution in [0.1, 0.15) is 30.7 Å². The van der Waals surface area contributed by atoms with Gasteiger partial charge in [-0.2, -0.15) is 8.78 Å². The van der Waals surface area contributed by atoms with Gasteiger partial charge in [0.15, 0.2) is 0 Å². The number of aromatic nitrogens is 3. The molecule has 1 N–H and O–H groups in total. The topological polar surface area (TPSA) is 63.2 Å². The van der Waals surface area contributed by atoms with Crippen molar-refractivity contribution in [3.8, 4) is 5.75 Å². The highest BCUT2D eigenvalue weighted by Crippen LogP contribution is 2.35. The smallest absolute Gasteiger partial charge is 0.387 e. The van der Waals surface area contributed by atoms with E-state index in [-0.39, 0.29) is 11.8 Å². The minimum Gasteiger partial charge on any atom is -0.435 e. The van der Waals surface area contributed by atoms with Crippen LogP contribution in [0, 0.1) is 0 Å². The van der Waals surface area contributed by atoms with Crippen molar-refractivity contribution in [3.63, 3.8) is 0 Å². The van der Waals surface area contributed by atoms with Gasteiger partial charge in [0.2, 0.25) is 5.95 Å². The molecule has 4 aromatic rings. The van der Waals surface area contributed by atoms with Gasteiger partial charge in [0.25, 0.3) is 0 Å². The third-order valence-electron chi connectivity index (χ3n) is 5.47. The molecule has 0 saturated heterocycles. The van der Waals surface area contributed by atoms with Gasteiger partial charge in [0.1, 0.15) is 5.75 Å². The van der Waals surface area contributed by atoms with Crippen molar-refractivity contribution in [3.05, 3.63) is 90.0 Å². The summed E-state index contributed by atoms with van der Waals surface area (Å²) in [5.41, 5.74) is 5.40. The lowest BCUT2D eigenvalue weighted by molar-refractivity contribution is -0.0498. The van der Waals surface area contributed by atoms with Crippen LogP contribution < -0.4 is 15.0 Å². The highest BCUT2D eigenvalue weighted by atomic mass is 19.3. The summed E-state index contributed by atoms with van der Waals surface area (Å²) in [5, 5.41) is 4.29. The van der Waals surface area contributed by atoms with E-state index in [1.807, 2.05) is 50.5 Å². The maximum atomic E-state index is 12.6. The number of hydrogen-bond donors (Lipinski definition) is 1. The van der Waals surface area contributed by atoms with E-state index in [9.17, 15) is 8.78 Å². The number of nitrogens with zero attached hydrogens (tertiary/aromatic N) is 4. The first-order valence-corrected chi connectivity index (χ1v) is 11.0. The molecule has 0 atom stereocenters. The van der Waals surface area contributed by atoms with E-state index in [0.29, 0.717) is 12.5 Å². The van der Waals surface area contributed by atoms with Crippen molar-refractivity contribution >= 4 is 28.1 Å². The molecule has 8 heteroatoms. The molecule has 1 aliphatic rings. The Morgan fingerprint density at radius 3 is 2.62 bits per heavy atom. The van der Waals surface area contributed by atoms with Gasteiger partial charge in [-0.05, 0) is 55.8 Å². The molecule has 0 bridgehead atoms. The number of benzene rings is 2. The molecule has 6 nitrogen and oxygen atoms in total. The molecule has 3 heterocycles. The number of fused-ring (bicyclic) bond motifs is 2. The molecule has 5 rings (SSSR count). The average molecular weight is 460 g/mol.